The Kier molecular flexibility index (Phi) is 8.99. The fourth-order valence-corrected chi connectivity index (χ4v) is 5.67. The Morgan fingerprint density at radius 2 is 0.913 bits per heavy atom. The van der Waals surface area contributed by atoms with E-state index in [9.17, 15) is 10.2 Å². The highest BCUT2D eigenvalue weighted by Gasteiger charge is 2.27. The van der Waals surface area contributed by atoms with Crippen molar-refractivity contribution in [3.8, 4) is 57.5 Å². The quantitative estimate of drug-likeness (QED) is 0.153. The number of nitrogens with one attached hydrogen (secondary N) is 2. The second-order valence-electron chi connectivity index (χ2n) is 10.5. The van der Waals surface area contributed by atoms with Gasteiger partial charge in [0, 0.05) is 36.3 Å². The highest BCUT2D eigenvalue weighted by Crippen LogP contribution is 2.44. The highest BCUT2D eigenvalue weighted by molar-refractivity contribution is 5.57. The van der Waals surface area contributed by atoms with Crippen molar-refractivity contribution < 1.29 is 48.1 Å². The van der Waals surface area contributed by atoms with Gasteiger partial charge in [-0.05, 0) is 47.5 Å². The van der Waals surface area contributed by atoms with E-state index >= 15 is 0 Å². The van der Waals surface area contributed by atoms with Crippen LogP contribution in [0.3, 0.4) is 0 Å². The predicted octanol–water partition coefficient (Wildman–Crippen LogP) is 4.65. The van der Waals surface area contributed by atoms with E-state index in [-0.39, 0.29) is 25.1 Å². The van der Waals surface area contributed by atoms with Crippen molar-refractivity contribution in [3.63, 3.8) is 0 Å². The summed E-state index contributed by atoms with van der Waals surface area (Å²) >= 11 is 0. The molecule has 2 aliphatic rings. The van der Waals surface area contributed by atoms with Crippen LogP contribution in [0, 0.1) is 0 Å². The largest absolute Gasteiger partial charge is 0.507 e. The van der Waals surface area contributed by atoms with Crippen LogP contribution in [-0.2, 0) is 0 Å². The van der Waals surface area contributed by atoms with E-state index in [0.29, 0.717) is 70.2 Å². The number of hydrogen-bond donors (Lipinski definition) is 4. The number of aromatic hydroxyl groups is 2. The average molecular weight is 633 g/mol. The molecule has 12 heteroatoms. The maximum atomic E-state index is 11.1. The molecule has 4 N–H and O–H groups in total. The Bertz CT molecular complexity index is 1590. The molecular formula is C34H36N2O10. The van der Waals surface area contributed by atoms with Crippen molar-refractivity contribution in [2.24, 2.45) is 0 Å². The van der Waals surface area contributed by atoms with E-state index in [2.05, 4.69) is 10.6 Å². The lowest BCUT2D eigenvalue weighted by atomic mass is 9.96. The number of rotatable bonds is 13. The number of phenols is 2. The zero-order chi connectivity index (χ0) is 32.2. The number of benzene rings is 4. The van der Waals surface area contributed by atoms with Crippen molar-refractivity contribution >= 4 is 0 Å². The molecule has 0 aliphatic carbocycles. The van der Waals surface area contributed by atoms with Crippen LogP contribution in [0.4, 0.5) is 0 Å². The lowest BCUT2D eigenvalue weighted by Gasteiger charge is -2.25. The van der Waals surface area contributed by atoms with Crippen molar-refractivity contribution in [1.82, 2.24) is 10.6 Å². The molecule has 242 valence electrons. The molecular weight excluding hydrogens is 596 g/mol. The number of methoxy groups -OCH3 is 4. The molecule has 12 nitrogen and oxygen atoms in total. The average Bonchev–Trinajstić information content (AvgIpc) is 3.74. The van der Waals surface area contributed by atoms with Gasteiger partial charge in [-0.1, -0.05) is 12.1 Å². The van der Waals surface area contributed by atoms with E-state index < -0.39 is 12.1 Å². The predicted molar refractivity (Wildman–Crippen MR) is 167 cm³/mol. The molecule has 2 heterocycles. The van der Waals surface area contributed by atoms with Crippen molar-refractivity contribution in [2.75, 3.05) is 55.1 Å². The van der Waals surface area contributed by atoms with Crippen LogP contribution in [0.25, 0.3) is 0 Å². The van der Waals surface area contributed by atoms with E-state index in [1.165, 1.54) is 0 Å². The molecule has 0 unspecified atom stereocenters. The Balaban J connectivity index is 1.29. The third-order valence-electron chi connectivity index (χ3n) is 7.97. The molecule has 6 rings (SSSR count). The summed E-state index contributed by atoms with van der Waals surface area (Å²) in [7, 11) is 6.31. The van der Waals surface area contributed by atoms with Crippen LogP contribution in [0.15, 0.2) is 60.7 Å². The smallest absolute Gasteiger partial charge is 0.231 e. The number of ether oxygens (including phenoxy) is 8. The van der Waals surface area contributed by atoms with E-state index in [4.69, 9.17) is 37.9 Å². The van der Waals surface area contributed by atoms with Crippen molar-refractivity contribution in [3.05, 3.63) is 82.9 Å². The third-order valence-corrected chi connectivity index (χ3v) is 7.97. The lowest BCUT2D eigenvalue weighted by molar-refractivity contribution is 0.173. The fraction of sp³-hybridized carbons (Fsp3) is 0.294. The summed E-state index contributed by atoms with van der Waals surface area (Å²) in [6.07, 6.45) is 0. The molecule has 0 saturated carbocycles. The van der Waals surface area contributed by atoms with Gasteiger partial charge in [0.15, 0.2) is 46.0 Å². The molecule has 0 fully saturated rings. The third kappa shape index (κ3) is 6.04. The molecule has 0 bridgehead atoms. The Morgan fingerprint density at radius 3 is 1.28 bits per heavy atom. The summed E-state index contributed by atoms with van der Waals surface area (Å²) in [5.74, 6) is 4.44. The lowest BCUT2D eigenvalue weighted by Crippen LogP contribution is -2.33. The van der Waals surface area contributed by atoms with E-state index in [0.717, 1.165) is 11.1 Å². The van der Waals surface area contributed by atoms with Gasteiger partial charge in [-0.25, -0.2) is 0 Å². The summed E-state index contributed by atoms with van der Waals surface area (Å²) < 4.78 is 44.2. The standard InChI is InChI=1S/C34H36N2O10/c1-39-25-7-5-19(11-27(25)41-3)33(21-13-29-31(15-23(21)37)45-17-43-29)35-9-10-36-34(20-6-8-26(40-2)28(12-20)42-4)22-14-30-32(16-24(22)38)46-18-44-30/h5-8,11-16,33-38H,9-10,17-18H2,1-4H3/t33-,34-/m1/s1. The van der Waals surface area contributed by atoms with Crippen molar-refractivity contribution in [2.45, 2.75) is 12.1 Å². The summed E-state index contributed by atoms with van der Waals surface area (Å²) in [5, 5.41) is 29.2. The van der Waals surface area contributed by atoms with Crippen LogP contribution in [0.2, 0.25) is 0 Å². The van der Waals surface area contributed by atoms with Crippen molar-refractivity contribution in [1.29, 1.82) is 0 Å². The zero-order valence-electron chi connectivity index (χ0n) is 25.9. The van der Waals surface area contributed by atoms with Gasteiger partial charge in [0.2, 0.25) is 13.6 Å². The van der Waals surface area contributed by atoms with E-state index in [1.807, 2.05) is 36.4 Å². The molecule has 46 heavy (non-hydrogen) atoms. The highest BCUT2D eigenvalue weighted by atomic mass is 16.7. The minimum absolute atomic E-state index is 0.0537. The molecule has 2 atom stereocenters. The first-order chi connectivity index (χ1) is 22.4. The molecule has 0 saturated heterocycles. The Hall–Kier alpha value is -5.20. The van der Waals surface area contributed by atoms with Gasteiger partial charge in [0.25, 0.3) is 0 Å². The maximum absolute atomic E-state index is 11.1. The van der Waals surface area contributed by atoms with Crippen LogP contribution in [0.1, 0.15) is 34.3 Å². The molecule has 0 aromatic heterocycles. The summed E-state index contributed by atoms with van der Waals surface area (Å²) in [4.78, 5) is 0. The number of fused-ring (bicyclic) bond motifs is 2. The topological polar surface area (TPSA) is 138 Å². The monoisotopic (exact) mass is 632 g/mol. The van der Waals surface area contributed by atoms with Crippen LogP contribution < -0.4 is 48.5 Å². The second-order valence-corrected chi connectivity index (χ2v) is 10.5. The molecule has 2 aliphatic heterocycles. The van der Waals surface area contributed by atoms with Crippen LogP contribution >= 0.6 is 0 Å². The van der Waals surface area contributed by atoms with Gasteiger partial charge >= 0.3 is 0 Å². The summed E-state index contributed by atoms with van der Waals surface area (Å²) in [6.45, 7) is 1.06. The molecule has 0 radical (unpaired) electrons. The minimum Gasteiger partial charge on any atom is -0.507 e. The number of hydrogen-bond acceptors (Lipinski definition) is 12. The Morgan fingerprint density at radius 1 is 0.543 bits per heavy atom. The molecule has 0 amide bonds. The zero-order valence-corrected chi connectivity index (χ0v) is 25.9. The van der Waals surface area contributed by atoms with Crippen LogP contribution in [-0.4, -0.2) is 65.3 Å². The normalized spacial score (nSPS) is 14.1. The first-order valence-corrected chi connectivity index (χ1v) is 14.6. The van der Waals surface area contributed by atoms with Crippen LogP contribution in [0.5, 0.6) is 57.5 Å². The maximum Gasteiger partial charge on any atom is 0.231 e. The molecule has 4 aromatic rings. The molecule has 4 aromatic carbocycles. The SMILES string of the molecule is COc1ccc([C@@H](NCCN[C@H](c2ccc(OC)c(OC)c2)c2cc3c(cc2O)OCO3)c2cc3c(cc2O)OCO3)cc1OC. The van der Waals surface area contributed by atoms with Gasteiger partial charge in [-0.3, -0.25) is 0 Å². The second kappa shape index (κ2) is 13.4. The summed E-state index contributed by atoms with van der Waals surface area (Å²) in [5.41, 5.74) is 2.86. The first-order valence-electron chi connectivity index (χ1n) is 14.6. The van der Waals surface area contributed by atoms with Gasteiger partial charge in [-0.15, -0.1) is 0 Å². The van der Waals surface area contributed by atoms with Gasteiger partial charge in [-0.2, -0.15) is 0 Å². The van der Waals surface area contributed by atoms with E-state index in [1.54, 1.807) is 52.7 Å². The number of phenolic OH excluding ortho intramolecular Hbond substituents is 2. The fourth-order valence-electron chi connectivity index (χ4n) is 5.67. The molecule has 0 spiro atoms. The van der Waals surface area contributed by atoms with Gasteiger partial charge in [0.1, 0.15) is 11.5 Å². The van der Waals surface area contributed by atoms with Gasteiger partial charge in [0.05, 0.1) is 40.5 Å². The summed E-state index contributed by atoms with van der Waals surface area (Å²) in [6, 6.07) is 16.9. The van der Waals surface area contributed by atoms with Gasteiger partial charge < -0.3 is 58.7 Å². The first kappa shape index (κ1) is 30.8. The Labute approximate surface area is 266 Å². The minimum atomic E-state index is -0.463.